The summed E-state index contributed by atoms with van der Waals surface area (Å²) in [6.07, 6.45) is 0.806. The van der Waals surface area contributed by atoms with Crippen LogP contribution in [0.4, 0.5) is 5.69 Å². The van der Waals surface area contributed by atoms with Gasteiger partial charge in [0.2, 0.25) is 5.91 Å². The maximum atomic E-state index is 12.7. The quantitative estimate of drug-likeness (QED) is 0.814. The predicted octanol–water partition coefficient (Wildman–Crippen LogP) is 4.04. The lowest BCUT2D eigenvalue weighted by Gasteiger charge is -2.27. The number of ether oxygens (including phenoxy) is 1. The highest BCUT2D eigenvalue weighted by Crippen LogP contribution is 2.23. The number of carbonyl (C=O) groups is 2. The molecule has 0 bridgehead atoms. The number of amides is 2. The summed E-state index contributed by atoms with van der Waals surface area (Å²) in [6, 6.07) is 12.4. The zero-order valence-corrected chi connectivity index (χ0v) is 16.2. The molecule has 2 aromatic rings. The van der Waals surface area contributed by atoms with Crippen molar-refractivity contribution >= 4 is 40.7 Å². The summed E-state index contributed by atoms with van der Waals surface area (Å²) in [6.45, 7) is 2.17. The van der Waals surface area contributed by atoms with Crippen molar-refractivity contribution in [2.75, 3.05) is 31.6 Å². The van der Waals surface area contributed by atoms with Crippen molar-refractivity contribution in [1.29, 1.82) is 0 Å². The van der Waals surface area contributed by atoms with E-state index in [0.29, 0.717) is 54.0 Å². The largest absolute Gasteiger partial charge is 0.378 e. The van der Waals surface area contributed by atoms with Gasteiger partial charge in [-0.3, -0.25) is 9.59 Å². The molecule has 1 aliphatic rings. The van der Waals surface area contributed by atoms with E-state index in [1.54, 1.807) is 41.3 Å². The molecule has 0 unspecified atom stereocenters. The Morgan fingerprint density at radius 3 is 2.52 bits per heavy atom. The Hall–Kier alpha value is -2.08. The van der Waals surface area contributed by atoms with E-state index >= 15 is 0 Å². The fourth-order valence-electron chi connectivity index (χ4n) is 2.88. The van der Waals surface area contributed by atoms with Crippen LogP contribution in [-0.2, 0) is 16.0 Å². The van der Waals surface area contributed by atoms with Gasteiger partial charge in [0.25, 0.3) is 5.91 Å². The van der Waals surface area contributed by atoms with Crippen LogP contribution in [0.2, 0.25) is 10.0 Å². The highest BCUT2D eigenvalue weighted by molar-refractivity contribution is 6.42. The monoisotopic (exact) mass is 406 g/mol. The summed E-state index contributed by atoms with van der Waals surface area (Å²) in [5.74, 6) is -0.262. The van der Waals surface area contributed by atoms with Gasteiger partial charge in [0.1, 0.15) is 0 Å². The molecular weight excluding hydrogens is 387 g/mol. The van der Waals surface area contributed by atoms with Gasteiger partial charge in [0.05, 0.1) is 34.5 Å². The van der Waals surface area contributed by atoms with Gasteiger partial charge in [0, 0.05) is 19.5 Å². The molecule has 0 saturated carbocycles. The SMILES string of the molecule is O=C(CCc1ccc(Cl)c(Cl)c1)Nc1ccccc1C(=O)N1CCOCC1. The van der Waals surface area contributed by atoms with E-state index in [-0.39, 0.29) is 18.2 Å². The molecule has 142 valence electrons. The highest BCUT2D eigenvalue weighted by Gasteiger charge is 2.21. The lowest BCUT2D eigenvalue weighted by molar-refractivity contribution is -0.116. The smallest absolute Gasteiger partial charge is 0.256 e. The summed E-state index contributed by atoms with van der Waals surface area (Å²) in [7, 11) is 0. The first-order chi connectivity index (χ1) is 13.0. The van der Waals surface area contributed by atoms with Gasteiger partial charge in [0.15, 0.2) is 0 Å². The molecule has 0 radical (unpaired) electrons. The Morgan fingerprint density at radius 2 is 1.78 bits per heavy atom. The summed E-state index contributed by atoms with van der Waals surface area (Å²) in [5, 5.41) is 3.81. The molecule has 0 atom stereocenters. The highest BCUT2D eigenvalue weighted by atomic mass is 35.5. The van der Waals surface area contributed by atoms with Crippen LogP contribution in [0, 0.1) is 0 Å². The second-order valence-corrected chi connectivity index (χ2v) is 7.06. The van der Waals surface area contributed by atoms with Crippen LogP contribution in [0.5, 0.6) is 0 Å². The molecule has 2 amide bonds. The molecule has 1 saturated heterocycles. The molecule has 2 aromatic carbocycles. The second kappa shape index (κ2) is 9.22. The van der Waals surface area contributed by atoms with Gasteiger partial charge in [-0.25, -0.2) is 0 Å². The third kappa shape index (κ3) is 5.22. The molecule has 1 N–H and O–H groups in total. The van der Waals surface area contributed by atoms with Crippen molar-refractivity contribution in [1.82, 2.24) is 4.90 Å². The number of nitrogens with zero attached hydrogens (tertiary/aromatic N) is 1. The molecule has 1 aliphatic heterocycles. The summed E-state index contributed by atoms with van der Waals surface area (Å²) >= 11 is 11.9. The van der Waals surface area contributed by atoms with Gasteiger partial charge in [-0.15, -0.1) is 0 Å². The van der Waals surface area contributed by atoms with Crippen LogP contribution >= 0.6 is 23.2 Å². The number of nitrogens with one attached hydrogen (secondary N) is 1. The number of halogens is 2. The van der Waals surface area contributed by atoms with E-state index in [9.17, 15) is 9.59 Å². The van der Waals surface area contributed by atoms with Crippen molar-refractivity contribution in [2.45, 2.75) is 12.8 Å². The fraction of sp³-hybridized carbons (Fsp3) is 0.300. The first kappa shape index (κ1) is 19.7. The second-order valence-electron chi connectivity index (χ2n) is 6.25. The average molecular weight is 407 g/mol. The maximum Gasteiger partial charge on any atom is 0.256 e. The van der Waals surface area contributed by atoms with E-state index < -0.39 is 0 Å². The summed E-state index contributed by atoms with van der Waals surface area (Å²) < 4.78 is 5.29. The molecule has 0 aromatic heterocycles. The third-order valence-electron chi connectivity index (χ3n) is 4.35. The van der Waals surface area contributed by atoms with Crippen molar-refractivity contribution < 1.29 is 14.3 Å². The average Bonchev–Trinajstić information content (AvgIpc) is 2.69. The van der Waals surface area contributed by atoms with Gasteiger partial charge in [-0.2, -0.15) is 0 Å². The van der Waals surface area contributed by atoms with Gasteiger partial charge in [-0.1, -0.05) is 41.4 Å². The van der Waals surface area contributed by atoms with E-state index in [1.807, 2.05) is 6.07 Å². The van der Waals surface area contributed by atoms with Crippen LogP contribution in [0.1, 0.15) is 22.3 Å². The van der Waals surface area contributed by atoms with Gasteiger partial charge < -0.3 is 15.0 Å². The van der Waals surface area contributed by atoms with E-state index in [2.05, 4.69) is 5.32 Å². The Bertz CT molecular complexity index is 836. The molecule has 1 fully saturated rings. The number of anilines is 1. The minimum atomic E-state index is -0.164. The molecule has 5 nitrogen and oxygen atoms in total. The molecule has 27 heavy (non-hydrogen) atoms. The van der Waals surface area contributed by atoms with Crippen molar-refractivity contribution in [2.24, 2.45) is 0 Å². The zero-order chi connectivity index (χ0) is 19.2. The van der Waals surface area contributed by atoms with E-state index in [4.69, 9.17) is 27.9 Å². The van der Waals surface area contributed by atoms with Crippen LogP contribution in [0.25, 0.3) is 0 Å². The van der Waals surface area contributed by atoms with Crippen molar-refractivity contribution in [3.8, 4) is 0 Å². The molecule has 0 spiro atoms. The van der Waals surface area contributed by atoms with E-state index in [1.165, 1.54) is 0 Å². The molecule has 3 rings (SSSR count). The Morgan fingerprint density at radius 1 is 1.04 bits per heavy atom. The number of carbonyl (C=O) groups excluding carboxylic acids is 2. The van der Waals surface area contributed by atoms with Crippen LogP contribution in [0.3, 0.4) is 0 Å². The van der Waals surface area contributed by atoms with E-state index in [0.717, 1.165) is 5.56 Å². The topological polar surface area (TPSA) is 58.6 Å². The van der Waals surface area contributed by atoms with Crippen LogP contribution in [-0.4, -0.2) is 43.0 Å². The number of benzene rings is 2. The molecule has 0 aliphatic carbocycles. The predicted molar refractivity (Wildman–Crippen MR) is 107 cm³/mol. The standard InChI is InChI=1S/C20H20Cl2N2O3/c21-16-7-5-14(13-17(16)22)6-8-19(25)23-18-4-2-1-3-15(18)20(26)24-9-11-27-12-10-24/h1-5,7,13H,6,8-12H2,(H,23,25). The van der Waals surface area contributed by atoms with Gasteiger partial charge >= 0.3 is 0 Å². The maximum absolute atomic E-state index is 12.7. The third-order valence-corrected chi connectivity index (χ3v) is 5.09. The van der Waals surface area contributed by atoms with Crippen molar-refractivity contribution in [3.63, 3.8) is 0 Å². The van der Waals surface area contributed by atoms with Crippen LogP contribution < -0.4 is 5.32 Å². The van der Waals surface area contributed by atoms with Crippen molar-refractivity contribution in [3.05, 3.63) is 63.6 Å². The van der Waals surface area contributed by atoms with Crippen LogP contribution in [0.15, 0.2) is 42.5 Å². The molecule has 7 heteroatoms. The molecule has 1 heterocycles. The lowest BCUT2D eigenvalue weighted by atomic mass is 10.1. The Balaban J connectivity index is 1.63. The normalized spacial score (nSPS) is 14.1. The number of hydrogen-bond acceptors (Lipinski definition) is 3. The number of hydrogen-bond donors (Lipinski definition) is 1. The Kier molecular flexibility index (Phi) is 6.72. The number of morpholine rings is 1. The minimum absolute atomic E-state index is 0.0984. The number of aryl methyl sites for hydroxylation is 1. The van der Waals surface area contributed by atoms with Gasteiger partial charge in [-0.05, 0) is 36.2 Å². The number of rotatable bonds is 5. The fourth-order valence-corrected chi connectivity index (χ4v) is 3.20. The lowest BCUT2D eigenvalue weighted by Crippen LogP contribution is -2.41. The first-order valence-electron chi connectivity index (χ1n) is 8.74. The zero-order valence-electron chi connectivity index (χ0n) is 14.7. The minimum Gasteiger partial charge on any atom is -0.378 e. The Labute approximate surface area is 168 Å². The number of para-hydroxylation sites is 1. The summed E-state index contributed by atoms with van der Waals surface area (Å²) in [5.41, 5.74) is 1.94. The molecular formula is C20H20Cl2N2O3. The first-order valence-corrected chi connectivity index (χ1v) is 9.50. The summed E-state index contributed by atoms with van der Waals surface area (Å²) in [4.78, 5) is 26.9.